The number of aromatic nitrogens is 3. The third kappa shape index (κ3) is 3.76. The molecule has 1 aliphatic heterocycles. The number of ether oxygens (including phenoxy) is 1. The molecule has 2 aromatic heterocycles. The maximum atomic E-state index is 12.1. The Labute approximate surface area is 142 Å². The zero-order valence-electron chi connectivity index (χ0n) is 14.5. The number of anilines is 1. The second kappa shape index (κ2) is 6.52. The van der Waals surface area contributed by atoms with Crippen LogP contribution in [-0.2, 0) is 14.5 Å². The third-order valence-electron chi connectivity index (χ3n) is 3.87. The zero-order valence-corrected chi connectivity index (χ0v) is 15.3. The fourth-order valence-corrected chi connectivity index (χ4v) is 3.32. The van der Waals surface area contributed by atoms with E-state index < -0.39 is 9.73 Å². The van der Waals surface area contributed by atoms with Gasteiger partial charge in [-0.05, 0) is 13.8 Å². The van der Waals surface area contributed by atoms with Crippen molar-refractivity contribution in [1.29, 1.82) is 0 Å². The van der Waals surface area contributed by atoms with Gasteiger partial charge in [0.15, 0.2) is 5.82 Å². The summed E-state index contributed by atoms with van der Waals surface area (Å²) in [7, 11) is -2.29. The van der Waals surface area contributed by atoms with E-state index in [9.17, 15) is 4.21 Å². The number of pyridine rings is 1. The first-order valence-electron chi connectivity index (χ1n) is 7.87. The first-order valence-corrected chi connectivity index (χ1v) is 10.2. The Balaban J connectivity index is 2.13. The standard InChI is InChI=1S/C16H23N5O2S/c1-12-11-23-8-7-20(12)14-9-15(19-24(3,4)22)18-16(10-14)21-6-5-17-13(21)2/h5-6,9-10,12H,7-8,11H2,1-4H3/t12-/m1/s1. The fourth-order valence-electron chi connectivity index (χ4n) is 2.78. The van der Waals surface area contributed by atoms with E-state index >= 15 is 0 Å². The van der Waals surface area contributed by atoms with Crippen molar-refractivity contribution in [2.24, 2.45) is 4.36 Å². The van der Waals surface area contributed by atoms with E-state index in [4.69, 9.17) is 4.74 Å². The minimum atomic E-state index is -2.29. The Morgan fingerprint density at radius 2 is 2.17 bits per heavy atom. The van der Waals surface area contributed by atoms with E-state index in [1.54, 1.807) is 18.7 Å². The van der Waals surface area contributed by atoms with Gasteiger partial charge in [-0.2, -0.15) is 4.36 Å². The summed E-state index contributed by atoms with van der Waals surface area (Å²) in [4.78, 5) is 11.1. The van der Waals surface area contributed by atoms with Crippen LogP contribution in [0.2, 0.25) is 0 Å². The van der Waals surface area contributed by atoms with E-state index in [0.29, 0.717) is 19.0 Å². The molecule has 2 aromatic rings. The first-order chi connectivity index (χ1) is 11.3. The van der Waals surface area contributed by atoms with Crippen molar-refractivity contribution in [2.75, 3.05) is 37.2 Å². The molecular weight excluding hydrogens is 326 g/mol. The van der Waals surface area contributed by atoms with Crippen molar-refractivity contribution in [3.8, 4) is 5.82 Å². The highest BCUT2D eigenvalue weighted by molar-refractivity contribution is 7.92. The highest BCUT2D eigenvalue weighted by atomic mass is 32.2. The van der Waals surface area contributed by atoms with Crippen molar-refractivity contribution in [2.45, 2.75) is 19.9 Å². The van der Waals surface area contributed by atoms with Gasteiger partial charge in [-0.25, -0.2) is 14.2 Å². The number of hydrogen-bond acceptors (Lipinski definition) is 6. The number of rotatable bonds is 3. The molecule has 24 heavy (non-hydrogen) atoms. The summed E-state index contributed by atoms with van der Waals surface area (Å²) in [5, 5.41) is 0. The van der Waals surface area contributed by atoms with Crippen LogP contribution in [0.25, 0.3) is 5.82 Å². The Bertz CT molecular complexity index is 846. The Kier molecular flexibility index (Phi) is 4.60. The number of nitrogens with zero attached hydrogens (tertiary/aromatic N) is 5. The largest absolute Gasteiger partial charge is 0.377 e. The molecule has 7 nitrogen and oxygen atoms in total. The van der Waals surface area contributed by atoms with Crippen molar-refractivity contribution in [3.63, 3.8) is 0 Å². The van der Waals surface area contributed by atoms with Crippen LogP contribution < -0.4 is 4.90 Å². The van der Waals surface area contributed by atoms with Gasteiger partial charge in [0.2, 0.25) is 0 Å². The molecular formula is C16H23N5O2S. The smallest absolute Gasteiger partial charge is 0.165 e. The Morgan fingerprint density at radius 1 is 1.38 bits per heavy atom. The fraction of sp³-hybridized carbons (Fsp3) is 0.500. The van der Waals surface area contributed by atoms with Gasteiger partial charge in [-0.1, -0.05) is 0 Å². The van der Waals surface area contributed by atoms with Crippen LogP contribution in [0.15, 0.2) is 28.9 Å². The second-order valence-corrected chi connectivity index (χ2v) is 8.82. The van der Waals surface area contributed by atoms with Gasteiger partial charge in [-0.15, -0.1) is 0 Å². The lowest BCUT2D eigenvalue weighted by atomic mass is 10.2. The average Bonchev–Trinajstić information content (AvgIpc) is 2.92. The monoisotopic (exact) mass is 349 g/mol. The molecule has 1 saturated heterocycles. The highest BCUT2D eigenvalue weighted by Crippen LogP contribution is 2.27. The Hall–Kier alpha value is -1.93. The summed E-state index contributed by atoms with van der Waals surface area (Å²) in [5.41, 5.74) is 1.01. The summed E-state index contributed by atoms with van der Waals surface area (Å²) in [6, 6.07) is 4.17. The molecule has 3 rings (SSSR count). The van der Waals surface area contributed by atoms with Crippen LogP contribution in [0.4, 0.5) is 11.5 Å². The number of hydrogen-bond donors (Lipinski definition) is 0. The zero-order chi connectivity index (χ0) is 17.3. The number of imidazole rings is 1. The summed E-state index contributed by atoms with van der Waals surface area (Å²) in [6.45, 7) is 6.23. The van der Waals surface area contributed by atoms with E-state index in [1.807, 2.05) is 29.8 Å². The molecule has 1 aliphatic rings. The molecule has 0 amide bonds. The van der Waals surface area contributed by atoms with Gasteiger partial charge in [0.25, 0.3) is 0 Å². The van der Waals surface area contributed by atoms with Gasteiger partial charge in [0.1, 0.15) is 11.6 Å². The molecule has 0 unspecified atom stereocenters. The maximum absolute atomic E-state index is 12.1. The van der Waals surface area contributed by atoms with E-state index in [2.05, 4.69) is 26.2 Å². The number of aryl methyl sites for hydroxylation is 1. The van der Waals surface area contributed by atoms with Gasteiger partial charge in [0.05, 0.1) is 13.2 Å². The van der Waals surface area contributed by atoms with Crippen molar-refractivity contribution in [1.82, 2.24) is 14.5 Å². The van der Waals surface area contributed by atoms with Crippen molar-refractivity contribution in [3.05, 3.63) is 30.4 Å². The molecule has 0 aliphatic carbocycles. The average molecular weight is 349 g/mol. The van der Waals surface area contributed by atoms with E-state index in [1.165, 1.54) is 0 Å². The van der Waals surface area contributed by atoms with Crippen molar-refractivity contribution < 1.29 is 8.95 Å². The Morgan fingerprint density at radius 3 is 2.79 bits per heavy atom. The van der Waals surface area contributed by atoms with Gasteiger partial charge >= 0.3 is 0 Å². The lowest BCUT2D eigenvalue weighted by Gasteiger charge is -2.35. The molecule has 0 spiro atoms. The predicted octanol–water partition coefficient (Wildman–Crippen LogP) is 2.16. The SMILES string of the molecule is Cc1nccn1-c1cc(N2CCOC[C@H]2C)cc(N=S(C)(C)=O)n1. The van der Waals surface area contributed by atoms with Gasteiger partial charge in [0, 0.05) is 65.0 Å². The van der Waals surface area contributed by atoms with Crippen LogP contribution in [-0.4, -0.2) is 57.1 Å². The summed E-state index contributed by atoms with van der Waals surface area (Å²) in [6.07, 6.45) is 6.82. The molecule has 3 heterocycles. The lowest BCUT2D eigenvalue weighted by molar-refractivity contribution is 0.0989. The maximum Gasteiger partial charge on any atom is 0.165 e. The molecule has 130 valence electrons. The molecule has 0 radical (unpaired) electrons. The second-order valence-electron chi connectivity index (χ2n) is 6.28. The van der Waals surface area contributed by atoms with Gasteiger partial charge in [-0.3, -0.25) is 4.57 Å². The summed E-state index contributed by atoms with van der Waals surface area (Å²) < 4.78 is 23.8. The molecule has 8 heteroatoms. The topological polar surface area (TPSA) is 72.6 Å². The summed E-state index contributed by atoms with van der Waals surface area (Å²) in [5.74, 6) is 2.04. The van der Waals surface area contributed by atoms with E-state index in [0.717, 1.165) is 23.9 Å². The quantitative estimate of drug-likeness (QED) is 0.849. The van der Waals surface area contributed by atoms with Crippen molar-refractivity contribution >= 4 is 21.2 Å². The van der Waals surface area contributed by atoms with Crippen LogP contribution in [0, 0.1) is 6.92 Å². The minimum Gasteiger partial charge on any atom is -0.377 e. The summed E-state index contributed by atoms with van der Waals surface area (Å²) >= 11 is 0. The third-order valence-corrected chi connectivity index (χ3v) is 4.50. The van der Waals surface area contributed by atoms with Crippen LogP contribution in [0.5, 0.6) is 0 Å². The predicted molar refractivity (Wildman–Crippen MR) is 95.8 cm³/mol. The minimum absolute atomic E-state index is 0.262. The molecule has 0 bridgehead atoms. The first kappa shape index (κ1) is 16.9. The highest BCUT2D eigenvalue weighted by Gasteiger charge is 2.21. The molecule has 1 fully saturated rings. The van der Waals surface area contributed by atoms with Gasteiger partial charge < -0.3 is 9.64 Å². The lowest BCUT2D eigenvalue weighted by Crippen LogP contribution is -2.43. The van der Waals surface area contributed by atoms with Crippen LogP contribution >= 0.6 is 0 Å². The molecule has 0 saturated carbocycles. The van der Waals surface area contributed by atoms with E-state index in [-0.39, 0.29) is 6.04 Å². The molecule has 1 atom stereocenters. The number of morpholine rings is 1. The molecule has 0 aromatic carbocycles. The molecule has 0 N–H and O–H groups in total. The normalized spacial score (nSPS) is 18.7. The van der Waals surface area contributed by atoms with Crippen LogP contribution in [0.1, 0.15) is 12.7 Å². The van der Waals surface area contributed by atoms with Crippen LogP contribution in [0.3, 0.4) is 0 Å².